The summed E-state index contributed by atoms with van der Waals surface area (Å²) in [5.41, 5.74) is 5.91. The van der Waals surface area contributed by atoms with E-state index in [1.54, 1.807) is 30.1 Å². The smallest absolute Gasteiger partial charge is 0.321 e. The molecule has 1 aliphatic rings. The first kappa shape index (κ1) is 33.8. The number of carboxylic acid groups (broad SMARTS) is 1. The van der Waals surface area contributed by atoms with E-state index in [2.05, 4.69) is 5.32 Å². The van der Waals surface area contributed by atoms with Crippen LogP contribution in [0, 0.1) is 25.5 Å². The Bertz CT molecular complexity index is 1800. The maximum atomic E-state index is 13.9. The number of ether oxygens (including phenoxy) is 2. The lowest BCUT2D eigenvalue weighted by atomic mass is 9.91. The fourth-order valence-electron chi connectivity index (χ4n) is 5.92. The van der Waals surface area contributed by atoms with Crippen LogP contribution in [0.5, 0.6) is 11.5 Å². The van der Waals surface area contributed by atoms with Crippen LogP contribution in [0.25, 0.3) is 11.1 Å². The number of aliphatic carboxylic acids is 1. The van der Waals surface area contributed by atoms with Crippen molar-refractivity contribution in [1.82, 2.24) is 10.2 Å². The van der Waals surface area contributed by atoms with Gasteiger partial charge in [-0.2, -0.15) is 0 Å². The molecule has 3 N–H and O–H groups in total. The quantitative estimate of drug-likeness (QED) is 0.169. The highest BCUT2D eigenvalue weighted by atomic mass is 35.5. The number of hydrogen-bond donors (Lipinski definition) is 3. The van der Waals surface area contributed by atoms with E-state index >= 15 is 0 Å². The van der Waals surface area contributed by atoms with Gasteiger partial charge in [0.2, 0.25) is 0 Å². The number of nitrogens with zero attached hydrogens (tertiary/aromatic N) is 1. The maximum absolute atomic E-state index is 13.9. The Morgan fingerprint density at radius 1 is 0.915 bits per heavy atom. The maximum Gasteiger partial charge on any atom is 0.321 e. The van der Waals surface area contributed by atoms with Crippen LogP contribution in [0.4, 0.5) is 8.78 Å². The number of β-amino-alcohol motifs (C(OH)–C–C–N with tert-alkyl or cyclic N) is 1. The largest absolute Gasteiger partial charge is 0.488 e. The van der Waals surface area contributed by atoms with Gasteiger partial charge in [0.15, 0.2) is 0 Å². The lowest BCUT2D eigenvalue weighted by Gasteiger charge is -2.23. The second-order valence-electron chi connectivity index (χ2n) is 11.6. The molecule has 5 rings (SSSR count). The van der Waals surface area contributed by atoms with E-state index in [4.69, 9.17) is 21.1 Å². The zero-order valence-corrected chi connectivity index (χ0v) is 26.9. The van der Waals surface area contributed by atoms with Gasteiger partial charge in [-0.15, -0.1) is 0 Å². The Kier molecular flexibility index (Phi) is 10.4. The summed E-state index contributed by atoms with van der Waals surface area (Å²) in [5, 5.41) is 22.8. The predicted molar refractivity (Wildman–Crippen MR) is 174 cm³/mol. The molecular formula is C36H35ClF2N2O6. The number of hydrogen-bond acceptors (Lipinski definition) is 6. The monoisotopic (exact) mass is 664 g/mol. The topological polar surface area (TPSA) is 108 Å². The number of carbonyl (C=O) groups is 2. The van der Waals surface area contributed by atoms with Crippen LogP contribution in [0.3, 0.4) is 0 Å². The number of rotatable bonds is 11. The zero-order valence-electron chi connectivity index (χ0n) is 26.1. The molecule has 0 unspecified atom stereocenters. The van der Waals surface area contributed by atoms with Crippen molar-refractivity contribution in [3.8, 4) is 22.6 Å². The molecule has 47 heavy (non-hydrogen) atoms. The molecule has 11 heteroatoms. The van der Waals surface area contributed by atoms with Gasteiger partial charge < -0.3 is 25.0 Å². The number of amides is 1. The minimum Gasteiger partial charge on any atom is -0.488 e. The molecule has 4 aromatic rings. The van der Waals surface area contributed by atoms with Gasteiger partial charge in [-0.1, -0.05) is 41.9 Å². The molecule has 246 valence electrons. The summed E-state index contributed by atoms with van der Waals surface area (Å²) in [6.45, 7) is 4.08. The summed E-state index contributed by atoms with van der Waals surface area (Å²) in [6, 6.07) is 16.8. The van der Waals surface area contributed by atoms with E-state index < -0.39 is 29.7 Å². The van der Waals surface area contributed by atoms with E-state index in [0.29, 0.717) is 11.1 Å². The highest BCUT2D eigenvalue weighted by Crippen LogP contribution is 2.37. The second kappa shape index (κ2) is 14.5. The number of aliphatic hydroxyl groups is 1. The first-order valence-electron chi connectivity index (χ1n) is 15.0. The Hall–Kier alpha value is -4.51. The summed E-state index contributed by atoms with van der Waals surface area (Å²) in [4.78, 5) is 25.9. The average molecular weight is 665 g/mol. The zero-order chi connectivity index (χ0) is 33.8. The molecular weight excluding hydrogens is 630 g/mol. The molecule has 0 radical (unpaired) electrons. The Morgan fingerprint density at radius 2 is 1.57 bits per heavy atom. The van der Waals surface area contributed by atoms with E-state index in [1.807, 2.05) is 44.2 Å². The highest BCUT2D eigenvalue weighted by molar-refractivity contribution is 6.32. The van der Waals surface area contributed by atoms with Crippen LogP contribution in [-0.4, -0.2) is 52.7 Å². The standard InChI is InChI=1S/C36H35ClF2N2O6/c1-20-23(6-4-7-28(20)29-8-5-9-30(21(29)2)35(43)40-3)19-47-34-15-33(46-18-22-10-25(38)13-26(39)11-22)24(12-31(34)37)16-41-17-27(42)14-32(41)36(44)45/h4-13,15,27,32,42H,14,16-19H2,1-3H3,(H,40,43)(H,44,45)/t27-,32-/m0/s1. The van der Waals surface area contributed by atoms with Crippen molar-refractivity contribution in [1.29, 1.82) is 0 Å². The van der Waals surface area contributed by atoms with Crippen molar-refractivity contribution < 1.29 is 38.1 Å². The average Bonchev–Trinajstić information content (AvgIpc) is 3.40. The summed E-state index contributed by atoms with van der Waals surface area (Å²) in [5.74, 6) is -2.14. The van der Waals surface area contributed by atoms with Crippen molar-refractivity contribution in [2.45, 2.75) is 52.2 Å². The van der Waals surface area contributed by atoms with Crippen LogP contribution < -0.4 is 14.8 Å². The van der Waals surface area contributed by atoms with E-state index in [0.717, 1.165) is 46.0 Å². The van der Waals surface area contributed by atoms with Gasteiger partial charge >= 0.3 is 5.97 Å². The van der Waals surface area contributed by atoms with Crippen molar-refractivity contribution in [2.75, 3.05) is 13.6 Å². The van der Waals surface area contributed by atoms with Gasteiger partial charge in [0, 0.05) is 49.8 Å². The van der Waals surface area contributed by atoms with Crippen LogP contribution in [0.2, 0.25) is 5.02 Å². The van der Waals surface area contributed by atoms with Crippen LogP contribution in [0.15, 0.2) is 66.7 Å². The molecule has 0 bridgehead atoms. The fraction of sp³-hybridized carbons (Fsp3) is 0.278. The molecule has 1 aliphatic heterocycles. The van der Waals surface area contributed by atoms with Crippen molar-refractivity contribution >= 4 is 23.5 Å². The van der Waals surface area contributed by atoms with E-state index in [9.17, 15) is 28.6 Å². The first-order valence-corrected chi connectivity index (χ1v) is 15.4. The normalized spacial score (nSPS) is 16.2. The summed E-state index contributed by atoms with van der Waals surface area (Å²) in [6.07, 6.45) is -0.722. The van der Waals surface area contributed by atoms with Crippen molar-refractivity contribution in [3.05, 3.63) is 117 Å². The van der Waals surface area contributed by atoms with Crippen molar-refractivity contribution in [2.24, 2.45) is 0 Å². The molecule has 1 saturated heterocycles. The number of nitrogens with one attached hydrogen (secondary N) is 1. The minimum atomic E-state index is -1.06. The van der Waals surface area contributed by atoms with Gasteiger partial charge in [0.1, 0.15) is 42.4 Å². The number of halogens is 3. The van der Waals surface area contributed by atoms with Gasteiger partial charge in [-0.05, 0) is 71.5 Å². The van der Waals surface area contributed by atoms with Crippen LogP contribution in [0.1, 0.15) is 44.6 Å². The number of likely N-dealkylation sites (tertiary alicyclic amines) is 1. The molecule has 0 aromatic heterocycles. The summed E-state index contributed by atoms with van der Waals surface area (Å²) >= 11 is 6.69. The third-order valence-electron chi connectivity index (χ3n) is 8.40. The summed E-state index contributed by atoms with van der Waals surface area (Å²) < 4.78 is 39.9. The van der Waals surface area contributed by atoms with Gasteiger partial charge in [-0.25, -0.2) is 8.78 Å². The van der Waals surface area contributed by atoms with Crippen LogP contribution >= 0.6 is 11.6 Å². The SMILES string of the molecule is CNC(=O)c1cccc(-c2cccc(COc3cc(OCc4cc(F)cc(F)c4)c(CN4C[C@@H](O)C[C@H]4C(=O)O)cc3Cl)c2C)c1C. The van der Waals surface area contributed by atoms with Crippen molar-refractivity contribution in [3.63, 3.8) is 0 Å². The van der Waals surface area contributed by atoms with Gasteiger partial charge in [0.05, 0.1) is 11.1 Å². The van der Waals surface area contributed by atoms with E-state index in [1.165, 1.54) is 0 Å². The molecule has 2 atom stereocenters. The number of carbonyl (C=O) groups excluding carboxylic acids is 1. The second-order valence-corrected chi connectivity index (χ2v) is 12.0. The van der Waals surface area contributed by atoms with E-state index in [-0.39, 0.29) is 60.7 Å². The van der Waals surface area contributed by atoms with Gasteiger partial charge in [-0.3, -0.25) is 14.5 Å². The number of aliphatic hydroxyl groups excluding tert-OH is 1. The lowest BCUT2D eigenvalue weighted by molar-refractivity contribution is -0.142. The third-order valence-corrected chi connectivity index (χ3v) is 8.69. The predicted octanol–water partition coefficient (Wildman–Crippen LogP) is 6.44. The molecule has 1 fully saturated rings. The molecule has 0 saturated carbocycles. The Morgan fingerprint density at radius 3 is 2.26 bits per heavy atom. The molecule has 0 aliphatic carbocycles. The third kappa shape index (κ3) is 7.73. The number of benzene rings is 4. The van der Waals surface area contributed by atoms with Gasteiger partial charge in [0.25, 0.3) is 5.91 Å². The first-order chi connectivity index (χ1) is 22.4. The van der Waals surface area contributed by atoms with Crippen LogP contribution in [-0.2, 0) is 24.6 Å². The summed E-state index contributed by atoms with van der Waals surface area (Å²) in [7, 11) is 1.59. The lowest BCUT2D eigenvalue weighted by Crippen LogP contribution is -2.35. The molecule has 0 spiro atoms. The molecule has 1 amide bonds. The molecule has 4 aromatic carbocycles. The Labute approximate surface area is 276 Å². The molecule has 8 nitrogen and oxygen atoms in total. The highest BCUT2D eigenvalue weighted by Gasteiger charge is 2.36. The fourth-order valence-corrected chi connectivity index (χ4v) is 6.17. The number of carboxylic acids is 1. The minimum absolute atomic E-state index is 0.0804. The Balaban J connectivity index is 1.43. The molecule has 1 heterocycles.